The number of carbonyl (C=O) groups excluding carboxylic acids is 1. The van der Waals surface area contributed by atoms with Crippen LogP contribution in [-0.2, 0) is 0 Å². The zero-order chi connectivity index (χ0) is 17.5. The van der Waals surface area contributed by atoms with E-state index in [-0.39, 0.29) is 11.9 Å². The number of nitrogens with zero attached hydrogens (tertiary/aromatic N) is 3. The molecule has 7 heteroatoms. The molecule has 0 aliphatic carbocycles. The first-order valence-electron chi connectivity index (χ1n) is 8.04. The van der Waals surface area contributed by atoms with Crippen molar-refractivity contribution in [3.8, 4) is 17.2 Å². The van der Waals surface area contributed by atoms with E-state index in [1.807, 2.05) is 0 Å². The predicted octanol–water partition coefficient (Wildman–Crippen LogP) is 3.56. The summed E-state index contributed by atoms with van der Waals surface area (Å²) in [6.07, 6.45) is 5.33. The van der Waals surface area contributed by atoms with Crippen LogP contribution < -0.4 is 10.1 Å². The predicted molar refractivity (Wildman–Crippen MR) is 92.3 cm³/mol. The summed E-state index contributed by atoms with van der Waals surface area (Å²) in [4.78, 5) is 16.2. The molecule has 0 aliphatic rings. The van der Waals surface area contributed by atoms with E-state index < -0.39 is 0 Å². The van der Waals surface area contributed by atoms with Crippen LogP contribution in [0.2, 0.25) is 0 Å². The average molecular weight is 338 g/mol. The number of anilines is 1. The second-order valence-electron chi connectivity index (χ2n) is 5.33. The molecular weight excluding hydrogens is 320 g/mol. The summed E-state index contributed by atoms with van der Waals surface area (Å²) >= 11 is 0. The Bertz CT molecular complexity index is 816. The molecule has 0 bridgehead atoms. The third-order valence-corrected chi connectivity index (χ3v) is 3.46. The van der Waals surface area contributed by atoms with E-state index in [4.69, 9.17) is 9.15 Å². The van der Waals surface area contributed by atoms with Crippen molar-refractivity contribution in [2.24, 2.45) is 0 Å². The minimum Gasteiger partial charge on any atom is -0.494 e. The smallest absolute Gasteiger partial charge is 0.322 e. The molecule has 25 heavy (non-hydrogen) atoms. The summed E-state index contributed by atoms with van der Waals surface area (Å²) in [6, 6.07) is 10.4. The molecule has 0 spiro atoms. The second kappa shape index (κ2) is 8.05. The Kier molecular flexibility index (Phi) is 5.36. The van der Waals surface area contributed by atoms with Gasteiger partial charge in [0.1, 0.15) is 5.75 Å². The summed E-state index contributed by atoms with van der Waals surface area (Å²) in [5.74, 6) is 0.727. The molecule has 0 saturated heterocycles. The van der Waals surface area contributed by atoms with Gasteiger partial charge in [-0.25, -0.2) is 0 Å². The van der Waals surface area contributed by atoms with Gasteiger partial charge in [0.2, 0.25) is 5.89 Å². The Labute approximate surface area is 145 Å². The Morgan fingerprint density at radius 2 is 1.88 bits per heavy atom. The van der Waals surface area contributed by atoms with E-state index in [1.165, 1.54) is 0 Å². The summed E-state index contributed by atoms with van der Waals surface area (Å²) < 4.78 is 11.0. The van der Waals surface area contributed by atoms with Gasteiger partial charge in [0.25, 0.3) is 5.91 Å². The number of hydrogen-bond donors (Lipinski definition) is 1. The van der Waals surface area contributed by atoms with Gasteiger partial charge in [-0.2, -0.15) is 0 Å². The van der Waals surface area contributed by atoms with Crippen molar-refractivity contribution in [3.63, 3.8) is 0 Å². The maximum atomic E-state index is 12.2. The van der Waals surface area contributed by atoms with Crippen LogP contribution >= 0.6 is 0 Å². The molecule has 0 radical (unpaired) electrons. The van der Waals surface area contributed by atoms with Gasteiger partial charge in [-0.1, -0.05) is 18.4 Å². The highest BCUT2D eigenvalue weighted by molar-refractivity contribution is 6.03. The maximum absolute atomic E-state index is 12.2. The summed E-state index contributed by atoms with van der Waals surface area (Å²) in [5, 5.41) is 10.3. The number of nitrogens with one attached hydrogen (secondary N) is 1. The molecule has 0 atom stereocenters. The van der Waals surface area contributed by atoms with Crippen LogP contribution in [-0.4, -0.2) is 27.7 Å². The van der Waals surface area contributed by atoms with Gasteiger partial charge in [0.15, 0.2) is 0 Å². The van der Waals surface area contributed by atoms with Crippen molar-refractivity contribution < 1.29 is 13.9 Å². The molecule has 1 N–H and O–H groups in total. The number of amides is 1. The molecular formula is C18H18N4O3. The molecule has 3 aromatic rings. The fraction of sp³-hybridized carbons (Fsp3) is 0.222. The van der Waals surface area contributed by atoms with Crippen molar-refractivity contribution in [1.29, 1.82) is 0 Å². The summed E-state index contributed by atoms with van der Waals surface area (Å²) in [6.45, 7) is 2.77. The monoisotopic (exact) mass is 338 g/mol. The normalized spacial score (nSPS) is 10.4. The number of aromatic nitrogens is 3. The molecule has 0 unspecified atom stereocenters. The van der Waals surface area contributed by atoms with Crippen molar-refractivity contribution in [2.75, 3.05) is 11.9 Å². The molecule has 2 heterocycles. The number of ether oxygens (including phenoxy) is 1. The zero-order valence-electron chi connectivity index (χ0n) is 13.8. The second-order valence-corrected chi connectivity index (χ2v) is 5.33. The highest BCUT2D eigenvalue weighted by Gasteiger charge is 2.12. The van der Waals surface area contributed by atoms with E-state index in [0.29, 0.717) is 18.1 Å². The van der Waals surface area contributed by atoms with E-state index in [9.17, 15) is 4.79 Å². The molecule has 3 rings (SSSR count). The number of hydrogen-bond acceptors (Lipinski definition) is 6. The molecule has 0 saturated carbocycles. The van der Waals surface area contributed by atoms with Crippen molar-refractivity contribution in [2.45, 2.75) is 19.8 Å². The lowest BCUT2D eigenvalue weighted by molar-refractivity contribution is 0.102. The molecule has 128 valence electrons. The van der Waals surface area contributed by atoms with E-state index in [0.717, 1.165) is 24.2 Å². The summed E-state index contributed by atoms with van der Waals surface area (Å²) in [7, 11) is 0. The van der Waals surface area contributed by atoms with Crippen LogP contribution in [0.4, 0.5) is 6.01 Å². The van der Waals surface area contributed by atoms with Crippen LogP contribution in [0.1, 0.15) is 30.1 Å². The minimum absolute atomic E-state index is 0.0417. The summed E-state index contributed by atoms with van der Waals surface area (Å²) in [5.41, 5.74) is 1.21. The zero-order valence-corrected chi connectivity index (χ0v) is 13.8. The Morgan fingerprint density at radius 3 is 2.60 bits per heavy atom. The number of pyridine rings is 1. The largest absolute Gasteiger partial charge is 0.494 e. The first-order chi connectivity index (χ1) is 12.3. The van der Waals surface area contributed by atoms with E-state index >= 15 is 0 Å². The molecule has 0 fully saturated rings. The Balaban J connectivity index is 1.61. The maximum Gasteiger partial charge on any atom is 0.322 e. The van der Waals surface area contributed by atoms with Crippen molar-refractivity contribution >= 4 is 11.9 Å². The fourth-order valence-corrected chi connectivity index (χ4v) is 2.09. The molecule has 2 aromatic heterocycles. The highest BCUT2D eigenvalue weighted by Crippen LogP contribution is 2.19. The number of rotatable bonds is 7. The third-order valence-electron chi connectivity index (χ3n) is 3.46. The first kappa shape index (κ1) is 16.6. The molecule has 1 aromatic carbocycles. The molecule has 7 nitrogen and oxygen atoms in total. The van der Waals surface area contributed by atoms with Crippen LogP contribution in [0, 0.1) is 0 Å². The first-order valence-corrected chi connectivity index (χ1v) is 8.04. The Hall–Kier alpha value is -3.22. The van der Waals surface area contributed by atoms with Gasteiger partial charge in [0, 0.05) is 23.5 Å². The number of carbonyl (C=O) groups is 1. The topological polar surface area (TPSA) is 90.1 Å². The van der Waals surface area contributed by atoms with Gasteiger partial charge in [0.05, 0.1) is 6.61 Å². The van der Waals surface area contributed by atoms with Gasteiger partial charge >= 0.3 is 6.01 Å². The van der Waals surface area contributed by atoms with Crippen LogP contribution in [0.25, 0.3) is 11.5 Å². The standard InChI is InChI=1S/C18H18N4O3/c1-2-3-12-24-15-6-4-13(5-7-15)16(23)20-18-22-21-17(25-18)14-8-10-19-11-9-14/h4-11H,2-3,12H2,1H3,(H,20,22,23). The Morgan fingerprint density at radius 1 is 1.12 bits per heavy atom. The van der Waals surface area contributed by atoms with Crippen LogP contribution in [0.5, 0.6) is 5.75 Å². The number of benzene rings is 1. The van der Waals surface area contributed by atoms with Crippen LogP contribution in [0.15, 0.2) is 53.2 Å². The minimum atomic E-state index is -0.329. The van der Waals surface area contributed by atoms with Gasteiger partial charge in [-0.05, 0) is 42.8 Å². The van der Waals surface area contributed by atoms with Gasteiger partial charge in [-0.3, -0.25) is 15.1 Å². The average Bonchev–Trinajstić information content (AvgIpc) is 3.12. The van der Waals surface area contributed by atoms with E-state index in [2.05, 4.69) is 27.4 Å². The van der Waals surface area contributed by atoms with Crippen molar-refractivity contribution in [1.82, 2.24) is 15.2 Å². The lowest BCUT2D eigenvalue weighted by atomic mass is 10.2. The fourth-order valence-electron chi connectivity index (χ4n) is 2.09. The lowest BCUT2D eigenvalue weighted by Gasteiger charge is -2.06. The van der Waals surface area contributed by atoms with Crippen molar-refractivity contribution in [3.05, 3.63) is 54.4 Å². The molecule has 0 aliphatic heterocycles. The number of unbranched alkanes of at least 4 members (excludes halogenated alkanes) is 1. The third kappa shape index (κ3) is 4.41. The highest BCUT2D eigenvalue weighted by atomic mass is 16.5. The van der Waals surface area contributed by atoms with E-state index in [1.54, 1.807) is 48.8 Å². The quantitative estimate of drug-likeness (QED) is 0.662. The van der Waals surface area contributed by atoms with Gasteiger partial charge in [-0.15, -0.1) is 5.10 Å². The lowest BCUT2D eigenvalue weighted by Crippen LogP contribution is -2.12. The SMILES string of the molecule is CCCCOc1ccc(C(=O)Nc2nnc(-c3ccncc3)o2)cc1. The van der Waals surface area contributed by atoms with Crippen LogP contribution in [0.3, 0.4) is 0 Å². The van der Waals surface area contributed by atoms with Gasteiger partial charge < -0.3 is 9.15 Å². The molecule has 1 amide bonds.